The summed E-state index contributed by atoms with van der Waals surface area (Å²) in [6, 6.07) is 9.83. The molecule has 23 heavy (non-hydrogen) atoms. The number of nitrogens with two attached hydrogens (primary N) is 1. The first-order chi connectivity index (χ1) is 11.0. The Bertz CT molecular complexity index is 694. The van der Waals surface area contributed by atoms with Crippen molar-refractivity contribution in [1.82, 2.24) is 4.98 Å². The Kier molecular flexibility index (Phi) is 5.50. The van der Waals surface area contributed by atoms with Crippen LogP contribution in [0.5, 0.6) is 0 Å². The average Bonchev–Trinajstić information content (AvgIpc) is 2.54. The molecule has 0 bridgehead atoms. The van der Waals surface area contributed by atoms with Gasteiger partial charge in [-0.3, -0.25) is 4.98 Å². The number of hydrogen-bond acceptors (Lipinski definition) is 4. The van der Waals surface area contributed by atoms with E-state index in [0.29, 0.717) is 23.7 Å². The van der Waals surface area contributed by atoms with Gasteiger partial charge in [-0.15, -0.1) is 0 Å². The van der Waals surface area contributed by atoms with E-state index < -0.39 is 0 Å². The third-order valence-electron chi connectivity index (χ3n) is 3.82. The van der Waals surface area contributed by atoms with Crippen molar-refractivity contribution < 1.29 is 9.53 Å². The number of benzene rings is 1. The van der Waals surface area contributed by atoms with Crippen LogP contribution in [0.3, 0.4) is 0 Å². The Morgan fingerprint density at radius 2 is 1.91 bits per heavy atom. The van der Waals surface area contributed by atoms with Crippen molar-refractivity contribution in [2.24, 2.45) is 11.7 Å². The largest absolute Gasteiger partial charge is 0.465 e. The third-order valence-corrected chi connectivity index (χ3v) is 3.82. The fraction of sp³-hybridized carbons (Fsp3) is 0.368. The molecule has 0 unspecified atom stereocenters. The zero-order valence-corrected chi connectivity index (χ0v) is 14.2. The van der Waals surface area contributed by atoms with Gasteiger partial charge in [-0.05, 0) is 30.4 Å². The molecule has 1 aromatic carbocycles. The normalized spacial score (nSPS) is 10.9. The predicted molar refractivity (Wildman–Crippen MR) is 92.2 cm³/mol. The molecular formula is C19H24N2O2. The second kappa shape index (κ2) is 7.38. The molecule has 122 valence electrons. The summed E-state index contributed by atoms with van der Waals surface area (Å²) < 4.78 is 4.98. The van der Waals surface area contributed by atoms with Crippen molar-refractivity contribution in [3.05, 3.63) is 52.8 Å². The second-order valence-electron chi connectivity index (χ2n) is 6.03. The molecule has 0 amide bonds. The lowest BCUT2D eigenvalue weighted by Crippen LogP contribution is -2.16. The van der Waals surface area contributed by atoms with Gasteiger partial charge >= 0.3 is 5.97 Å². The fourth-order valence-corrected chi connectivity index (χ4v) is 2.85. The van der Waals surface area contributed by atoms with Crippen LogP contribution in [0.15, 0.2) is 30.3 Å². The van der Waals surface area contributed by atoms with Crippen LogP contribution in [0.2, 0.25) is 0 Å². The third kappa shape index (κ3) is 3.59. The van der Waals surface area contributed by atoms with E-state index >= 15 is 0 Å². The zero-order valence-electron chi connectivity index (χ0n) is 14.2. The van der Waals surface area contributed by atoms with E-state index in [1.165, 1.54) is 7.11 Å². The molecule has 0 saturated heterocycles. The number of carbonyl (C=O) groups is 1. The molecule has 0 saturated carbocycles. The Labute approximate surface area is 137 Å². The molecule has 0 radical (unpaired) electrons. The maximum Gasteiger partial charge on any atom is 0.340 e. The average molecular weight is 312 g/mol. The summed E-state index contributed by atoms with van der Waals surface area (Å²) in [6.45, 7) is 6.48. The summed E-state index contributed by atoms with van der Waals surface area (Å²) in [7, 11) is 1.39. The van der Waals surface area contributed by atoms with Crippen molar-refractivity contribution in [2.75, 3.05) is 7.11 Å². The fourth-order valence-electron chi connectivity index (χ4n) is 2.85. The van der Waals surface area contributed by atoms with E-state index in [0.717, 1.165) is 28.8 Å². The summed E-state index contributed by atoms with van der Waals surface area (Å²) in [6.07, 6.45) is 0.828. The van der Waals surface area contributed by atoms with E-state index in [-0.39, 0.29) is 5.97 Å². The molecule has 0 aliphatic carbocycles. The highest BCUT2D eigenvalue weighted by atomic mass is 16.5. The molecule has 4 heteroatoms. The standard InChI is InChI=1S/C19H24N2O2/c1-12(2)10-16-15(11-20)18(14-8-6-5-7-9-14)17(13(3)21-16)19(22)23-4/h5-9,12H,10-11,20H2,1-4H3. The number of aromatic nitrogens is 1. The van der Waals surface area contributed by atoms with Crippen molar-refractivity contribution in [1.29, 1.82) is 0 Å². The van der Waals surface area contributed by atoms with E-state index in [2.05, 4.69) is 18.8 Å². The smallest absolute Gasteiger partial charge is 0.340 e. The van der Waals surface area contributed by atoms with Gasteiger partial charge < -0.3 is 10.5 Å². The minimum atomic E-state index is -0.375. The van der Waals surface area contributed by atoms with Crippen LogP contribution in [-0.2, 0) is 17.7 Å². The minimum absolute atomic E-state index is 0.337. The van der Waals surface area contributed by atoms with Gasteiger partial charge in [-0.2, -0.15) is 0 Å². The monoisotopic (exact) mass is 312 g/mol. The summed E-state index contributed by atoms with van der Waals surface area (Å²) >= 11 is 0. The summed E-state index contributed by atoms with van der Waals surface area (Å²) in [5.41, 5.74) is 10.9. The molecule has 0 spiro atoms. The van der Waals surface area contributed by atoms with Gasteiger partial charge in [-0.1, -0.05) is 44.2 Å². The lowest BCUT2D eigenvalue weighted by atomic mass is 9.90. The van der Waals surface area contributed by atoms with Gasteiger partial charge in [0.1, 0.15) is 0 Å². The minimum Gasteiger partial charge on any atom is -0.465 e. The first-order valence-electron chi connectivity index (χ1n) is 7.85. The molecule has 0 aliphatic heterocycles. The summed E-state index contributed by atoms with van der Waals surface area (Å²) in [5, 5.41) is 0. The molecule has 0 atom stereocenters. The first kappa shape index (κ1) is 17.2. The van der Waals surface area contributed by atoms with Crippen LogP contribution in [0.4, 0.5) is 0 Å². The number of methoxy groups -OCH3 is 1. The van der Waals surface area contributed by atoms with E-state index in [9.17, 15) is 4.79 Å². The van der Waals surface area contributed by atoms with Gasteiger partial charge in [0.15, 0.2) is 0 Å². The number of rotatable bonds is 5. The number of carbonyl (C=O) groups excluding carboxylic acids is 1. The van der Waals surface area contributed by atoms with Crippen molar-refractivity contribution in [3.63, 3.8) is 0 Å². The van der Waals surface area contributed by atoms with Crippen LogP contribution in [-0.4, -0.2) is 18.1 Å². The molecule has 0 fully saturated rings. The Balaban J connectivity index is 2.81. The van der Waals surface area contributed by atoms with Crippen molar-refractivity contribution in [2.45, 2.75) is 33.7 Å². The Morgan fingerprint density at radius 1 is 1.26 bits per heavy atom. The van der Waals surface area contributed by atoms with Gasteiger partial charge in [-0.25, -0.2) is 4.79 Å². The topological polar surface area (TPSA) is 65.2 Å². The van der Waals surface area contributed by atoms with Crippen molar-refractivity contribution >= 4 is 5.97 Å². The highest BCUT2D eigenvalue weighted by molar-refractivity contribution is 5.99. The van der Waals surface area contributed by atoms with Crippen LogP contribution in [0, 0.1) is 12.8 Å². The molecule has 4 nitrogen and oxygen atoms in total. The van der Waals surface area contributed by atoms with Gasteiger partial charge in [0.05, 0.1) is 18.4 Å². The number of hydrogen-bond donors (Lipinski definition) is 1. The molecule has 0 aliphatic rings. The molecule has 1 heterocycles. The van der Waals surface area contributed by atoms with Gasteiger partial charge in [0, 0.05) is 17.8 Å². The molecule has 2 N–H and O–H groups in total. The number of aryl methyl sites for hydroxylation is 1. The highest BCUT2D eigenvalue weighted by Gasteiger charge is 2.23. The number of ether oxygens (including phenoxy) is 1. The van der Waals surface area contributed by atoms with Crippen LogP contribution in [0.1, 0.15) is 41.2 Å². The zero-order chi connectivity index (χ0) is 17.0. The van der Waals surface area contributed by atoms with Crippen LogP contribution < -0.4 is 5.73 Å². The maximum atomic E-state index is 12.3. The molecular weight excluding hydrogens is 288 g/mol. The van der Waals surface area contributed by atoms with Crippen LogP contribution in [0.25, 0.3) is 11.1 Å². The SMILES string of the molecule is COC(=O)c1c(C)nc(CC(C)C)c(CN)c1-c1ccccc1. The van der Waals surface area contributed by atoms with E-state index in [4.69, 9.17) is 10.5 Å². The quantitative estimate of drug-likeness (QED) is 0.858. The summed E-state index contributed by atoms with van der Waals surface area (Å²) in [4.78, 5) is 17.0. The Morgan fingerprint density at radius 3 is 2.43 bits per heavy atom. The molecule has 2 aromatic rings. The van der Waals surface area contributed by atoms with Crippen LogP contribution >= 0.6 is 0 Å². The predicted octanol–water partition coefficient (Wildman–Crippen LogP) is 3.50. The number of nitrogens with zero attached hydrogens (tertiary/aromatic N) is 1. The van der Waals surface area contributed by atoms with E-state index in [1.54, 1.807) is 0 Å². The summed E-state index contributed by atoms with van der Waals surface area (Å²) in [5.74, 6) is 0.0828. The lowest BCUT2D eigenvalue weighted by molar-refractivity contribution is 0.0600. The molecule has 1 aromatic heterocycles. The van der Waals surface area contributed by atoms with Crippen molar-refractivity contribution in [3.8, 4) is 11.1 Å². The lowest BCUT2D eigenvalue weighted by Gasteiger charge is -2.19. The van der Waals surface area contributed by atoms with Gasteiger partial charge in [0.25, 0.3) is 0 Å². The number of pyridine rings is 1. The maximum absolute atomic E-state index is 12.3. The Hall–Kier alpha value is -2.20. The highest BCUT2D eigenvalue weighted by Crippen LogP contribution is 2.32. The van der Waals surface area contributed by atoms with Gasteiger partial charge in [0.2, 0.25) is 0 Å². The van der Waals surface area contributed by atoms with E-state index in [1.807, 2.05) is 37.3 Å². The second-order valence-corrected chi connectivity index (χ2v) is 6.03. The first-order valence-corrected chi connectivity index (χ1v) is 7.85. The number of esters is 1. The molecule has 2 rings (SSSR count).